The molecule has 2 aromatic carbocycles. The first-order valence-corrected chi connectivity index (χ1v) is 7.72. The molecule has 0 saturated heterocycles. The van der Waals surface area contributed by atoms with Gasteiger partial charge in [-0.2, -0.15) is 0 Å². The number of carbonyl (C=O) groups excluding carboxylic acids is 1. The largest absolute Gasteiger partial charge is 0.495 e. The molecule has 1 aliphatic rings. The number of hydrogen-bond donors (Lipinski definition) is 1. The fourth-order valence-electron chi connectivity index (χ4n) is 2.55. The number of carbonyl (C=O) groups is 1. The van der Waals surface area contributed by atoms with Gasteiger partial charge in [-0.25, -0.2) is 0 Å². The van der Waals surface area contributed by atoms with E-state index in [0.717, 1.165) is 0 Å². The van der Waals surface area contributed by atoms with Crippen molar-refractivity contribution in [2.75, 3.05) is 19.2 Å². The van der Waals surface area contributed by atoms with Crippen LogP contribution < -0.4 is 14.8 Å². The summed E-state index contributed by atoms with van der Waals surface area (Å²) in [6.07, 6.45) is 2.76. The molecule has 0 spiro atoms. The van der Waals surface area contributed by atoms with Crippen LogP contribution in [0.3, 0.4) is 0 Å². The first kappa shape index (κ1) is 17.4. The van der Waals surface area contributed by atoms with Gasteiger partial charge in [-0.05, 0) is 18.2 Å². The van der Waals surface area contributed by atoms with Crippen LogP contribution in [0.25, 0.3) is 6.08 Å². The lowest BCUT2D eigenvalue weighted by Gasteiger charge is -2.19. The molecule has 8 nitrogen and oxygen atoms in total. The zero-order valence-electron chi connectivity index (χ0n) is 13.9. The summed E-state index contributed by atoms with van der Waals surface area (Å²) in [5.41, 5.74) is 1.43. The van der Waals surface area contributed by atoms with Gasteiger partial charge in [-0.15, -0.1) is 0 Å². The molecular formula is C18H16N2O6. The summed E-state index contributed by atoms with van der Waals surface area (Å²) in [6.45, 7) is 0.268. The summed E-state index contributed by atoms with van der Waals surface area (Å²) >= 11 is 0. The second-order valence-electron chi connectivity index (χ2n) is 5.41. The van der Waals surface area contributed by atoms with E-state index < -0.39 is 10.8 Å². The minimum absolute atomic E-state index is 0.0546. The quantitative estimate of drug-likeness (QED) is 0.502. The van der Waals surface area contributed by atoms with Crippen LogP contribution in [0.1, 0.15) is 11.1 Å². The zero-order chi connectivity index (χ0) is 18.5. The third kappa shape index (κ3) is 3.81. The number of nitro groups is 1. The monoisotopic (exact) mass is 356 g/mol. The number of ether oxygens (including phenoxy) is 3. The van der Waals surface area contributed by atoms with Crippen LogP contribution in [0.2, 0.25) is 0 Å². The summed E-state index contributed by atoms with van der Waals surface area (Å²) < 4.78 is 15.8. The van der Waals surface area contributed by atoms with E-state index in [1.54, 1.807) is 24.3 Å². The molecule has 3 rings (SSSR count). The third-order valence-corrected chi connectivity index (χ3v) is 3.71. The lowest BCUT2D eigenvalue weighted by Crippen LogP contribution is -2.13. The van der Waals surface area contributed by atoms with Crippen molar-refractivity contribution in [3.05, 3.63) is 63.7 Å². The number of benzene rings is 2. The van der Waals surface area contributed by atoms with Crippen molar-refractivity contribution in [3.8, 4) is 11.5 Å². The van der Waals surface area contributed by atoms with Crippen LogP contribution in [0, 0.1) is 10.1 Å². The summed E-state index contributed by atoms with van der Waals surface area (Å²) in [5.74, 6) is 0.604. The summed E-state index contributed by atoms with van der Waals surface area (Å²) in [7, 11) is 1.51. The van der Waals surface area contributed by atoms with E-state index in [-0.39, 0.29) is 19.1 Å². The number of rotatable bonds is 5. The number of hydrogen-bond acceptors (Lipinski definition) is 6. The number of methoxy groups -OCH3 is 1. The first-order chi connectivity index (χ1) is 12.6. The number of non-ortho nitro benzene ring substituents is 1. The van der Waals surface area contributed by atoms with E-state index in [4.69, 9.17) is 14.2 Å². The molecule has 0 saturated carbocycles. The van der Waals surface area contributed by atoms with Crippen LogP contribution in [0.15, 0.2) is 42.5 Å². The molecule has 1 amide bonds. The molecule has 134 valence electrons. The number of nitro benzene ring substituents is 1. The second-order valence-corrected chi connectivity index (χ2v) is 5.41. The van der Waals surface area contributed by atoms with E-state index in [2.05, 4.69) is 5.32 Å². The Balaban J connectivity index is 1.84. The highest BCUT2D eigenvalue weighted by Gasteiger charge is 2.19. The van der Waals surface area contributed by atoms with Crippen molar-refractivity contribution in [2.45, 2.75) is 6.61 Å². The van der Waals surface area contributed by atoms with Gasteiger partial charge in [-0.3, -0.25) is 14.9 Å². The molecule has 2 aromatic rings. The lowest BCUT2D eigenvalue weighted by atomic mass is 10.1. The van der Waals surface area contributed by atoms with Gasteiger partial charge in [0.25, 0.3) is 5.69 Å². The van der Waals surface area contributed by atoms with Gasteiger partial charge in [0.1, 0.15) is 11.5 Å². The van der Waals surface area contributed by atoms with E-state index in [1.807, 2.05) is 0 Å². The molecule has 0 radical (unpaired) electrons. The molecule has 8 heteroatoms. The Kier molecular flexibility index (Phi) is 5.14. The van der Waals surface area contributed by atoms with Gasteiger partial charge in [0.15, 0.2) is 6.79 Å². The smallest absolute Gasteiger partial charge is 0.270 e. The minimum Gasteiger partial charge on any atom is -0.495 e. The summed E-state index contributed by atoms with van der Waals surface area (Å²) in [6, 6.07) is 9.76. The molecule has 1 N–H and O–H groups in total. The lowest BCUT2D eigenvalue weighted by molar-refractivity contribution is -0.385. The second kappa shape index (κ2) is 7.66. The molecule has 0 unspecified atom stereocenters. The van der Waals surface area contributed by atoms with Gasteiger partial charge in [-0.1, -0.05) is 12.1 Å². The van der Waals surface area contributed by atoms with Crippen LogP contribution >= 0.6 is 0 Å². The highest BCUT2D eigenvalue weighted by Crippen LogP contribution is 2.33. The predicted molar refractivity (Wildman–Crippen MR) is 94.0 cm³/mol. The SMILES string of the molecule is COc1ccccc1NC(=O)/C=C/c1cc([N+](=O)[O-])cc2c1OCOC2. The average molecular weight is 356 g/mol. The van der Waals surface area contributed by atoms with E-state index >= 15 is 0 Å². The van der Waals surface area contributed by atoms with Crippen LogP contribution in [0.5, 0.6) is 11.5 Å². The van der Waals surface area contributed by atoms with Crippen LogP contribution in [-0.4, -0.2) is 24.7 Å². The fourth-order valence-corrected chi connectivity index (χ4v) is 2.55. The zero-order valence-corrected chi connectivity index (χ0v) is 13.9. The van der Waals surface area contributed by atoms with Crippen molar-refractivity contribution in [2.24, 2.45) is 0 Å². The van der Waals surface area contributed by atoms with Crippen LogP contribution in [0.4, 0.5) is 11.4 Å². The highest BCUT2D eigenvalue weighted by molar-refractivity contribution is 6.03. The first-order valence-electron chi connectivity index (χ1n) is 7.72. The van der Waals surface area contributed by atoms with Crippen molar-refractivity contribution in [1.82, 2.24) is 0 Å². The number of fused-ring (bicyclic) bond motifs is 1. The van der Waals surface area contributed by atoms with E-state index in [9.17, 15) is 14.9 Å². The fraction of sp³-hybridized carbons (Fsp3) is 0.167. The molecule has 0 atom stereocenters. The molecule has 1 aliphatic heterocycles. The van der Waals surface area contributed by atoms with Crippen molar-refractivity contribution >= 4 is 23.4 Å². The molecule has 1 heterocycles. The van der Waals surface area contributed by atoms with Crippen LogP contribution in [-0.2, 0) is 16.1 Å². The van der Waals surface area contributed by atoms with E-state index in [0.29, 0.717) is 28.3 Å². The Labute approximate surface area is 149 Å². The molecule has 0 aliphatic carbocycles. The van der Waals surface area contributed by atoms with Crippen molar-refractivity contribution in [3.63, 3.8) is 0 Å². The topological polar surface area (TPSA) is 99.9 Å². The average Bonchev–Trinajstić information content (AvgIpc) is 2.66. The maximum atomic E-state index is 12.2. The molecule has 0 bridgehead atoms. The maximum absolute atomic E-state index is 12.2. The molecule has 0 fully saturated rings. The number of amides is 1. The summed E-state index contributed by atoms with van der Waals surface area (Å²) in [5, 5.41) is 13.8. The highest BCUT2D eigenvalue weighted by atomic mass is 16.7. The standard InChI is InChI=1S/C18H16N2O6/c1-24-16-5-3-2-4-15(16)19-17(21)7-6-12-8-14(20(22)23)9-13-10-25-11-26-18(12)13/h2-9H,10-11H2,1H3,(H,19,21)/b7-6+. The van der Waals surface area contributed by atoms with Gasteiger partial charge in [0, 0.05) is 29.3 Å². The van der Waals surface area contributed by atoms with Crippen molar-refractivity contribution < 1.29 is 23.9 Å². The van der Waals surface area contributed by atoms with Gasteiger partial charge < -0.3 is 19.5 Å². The number of nitrogens with one attached hydrogen (secondary N) is 1. The normalized spacial score (nSPS) is 13.0. The molecular weight excluding hydrogens is 340 g/mol. The van der Waals surface area contributed by atoms with E-state index in [1.165, 1.54) is 31.4 Å². The Morgan fingerprint density at radius 2 is 2.15 bits per heavy atom. The van der Waals surface area contributed by atoms with Crippen molar-refractivity contribution in [1.29, 1.82) is 0 Å². The van der Waals surface area contributed by atoms with Gasteiger partial charge in [0.05, 0.1) is 24.3 Å². The summed E-state index contributed by atoms with van der Waals surface area (Å²) in [4.78, 5) is 22.8. The Morgan fingerprint density at radius 1 is 1.35 bits per heavy atom. The third-order valence-electron chi connectivity index (χ3n) is 3.71. The van der Waals surface area contributed by atoms with Gasteiger partial charge in [0.2, 0.25) is 5.91 Å². The minimum atomic E-state index is -0.499. The Bertz CT molecular complexity index is 878. The molecule has 0 aromatic heterocycles. The maximum Gasteiger partial charge on any atom is 0.270 e. The Hall–Kier alpha value is -3.39. The number of anilines is 1. The Morgan fingerprint density at radius 3 is 2.92 bits per heavy atom. The molecule has 26 heavy (non-hydrogen) atoms. The predicted octanol–water partition coefficient (Wildman–Crippen LogP) is 3.12. The van der Waals surface area contributed by atoms with Gasteiger partial charge >= 0.3 is 0 Å². The number of para-hydroxylation sites is 2. The number of nitrogens with zero attached hydrogens (tertiary/aromatic N) is 1.